The number of methoxy groups -OCH3 is 2. The highest BCUT2D eigenvalue weighted by atomic mass is 35.5. The second-order valence-corrected chi connectivity index (χ2v) is 9.42. The van der Waals surface area contributed by atoms with Gasteiger partial charge in [-0.1, -0.05) is 29.8 Å². The summed E-state index contributed by atoms with van der Waals surface area (Å²) in [5.41, 5.74) is 5.15. The zero-order chi connectivity index (χ0) is 24.8. The Labute approximate surface area is 214 Å². The van der Waals surface area contributed by atoms with Crippen LogP contribution in [-0.2, 0) is 4.79 Å². The molecule has 2 heterocycles. The molecule has 6 rings (SSSR count). The molecule has 184 valence electrons. The molecule has 2 N–H and O–H groups in total. The standard InChI is InChI=1S/C28H25ClN2O5/c1-33-23-8-7-15(11-24(23)34-2)16-9-21-27(22(32)10-16)28(31-20-6-4-3-5-19(20)30-21)17-12-25-26(13-18(17)29)36-14-35-25/h3-8,11-13,16,28,30-31H,9-10,14H2,1-2H3/t16-,28-/m1/s1. The quantitative estimate of drug-likeness (QED) is 0.446. The first-order valence-electron chi connectivity index (χ1n) is 11.8. The van der Waals surface area contributed by atoms with E-state index >= 15 is 0 Å². The van der Waals surface area contributed by atoms with Crippen LogP contribution in [0.15, 0.2) is 65.9 Å². The number of rotatable bonds is 4. The number of Topliss-reactive ketones (excluding diaryl/α,β-unsaturated/α-hetero) is 1. The average Bonchev–Trinajstić information content (AvgIpc) is 3.27. The normalized spacial score (nSPS) is 20.0. The Morgan fingerprint density at radius 1 is 0.917 bits per heavy atom. The number of carbonyl (C=O) groups excluding carboxylic acids is 1. The molecule has 8 heteroatoms. The van der Waals surface area contributed by atoms with Crippen LogP contribution in [0.2, 0.25) is 5.02 Å². The second kappa shape index (κ2) is 8.99. The molecule has 0 radical (unpaired) electrons. The van der Waals surface area contributed by atoms with Gasteiger partial charge in [0.2, 0.25) is 6.79 Å². The van der Waals surface area contributed by atoms with Crippen molar-refractivity contribution in [3.05, 3.63) is 82.0 Å². The van der Waals surface area contributed by atoms with Crippen molar-refractivity contribution in [2.75, 3.05) is 31.6 Å². The number of carbonyl (C=O) groups is 1. The van der Waals surface area contributed by atoms with Crippen LogP contribution in [0.4, 0.5) is 11.4 Å². The van der Waals surface area contributed by atoms with Gasteiger partial charge in [0.05, 0.1) is 36.7 Å². The summed E-state index contributed by atoms with van der Waals surface area (Å²) in [4.78, 5) is 13.8. The number of anilines is 2. The number of halogens is 1. The third-order valence-corrected chi connectivity index (χ3v) is 7.32. The van der Waals surface area contributed by atoms with Crippen LogP contribution in [0.1, 0.15) is 35.9 Å². The van der Waals surface area contributed by atoms with Crippen LogP contribution < -0.4 is 29.6 Å². The monoisotopic (exact) mass is 504 g/mol. The molecule has 2 aliphatic heterocycles. The number of hydrogen-bond acceptors (Lipinski definition) is 7. The minimum absolute atomic E-state index is 0.0123. The molecule has 0 saturated carbocycles. The van der Waals surface area contributed by atoms with Crippen molar-refractivity contribution in [3.63, 3.8) is 0 Å². The van der Waals surface area contributed by atoms with Gasteiger partial charge in [-0.3, -0.25) is 4.79 Å². The van der Waals surface area contributed by atoms with Crippen LogP contribution in [0, 0.1) is 0 Å². The predicted molar refractivity (Wildman–Crippen MR) is 138 cm³/mol. The van der Waals surface area contributed by atoms with E-state index in [9.17, 15) is 4.79 Å². The lowest BCUT2D eigenvalue weighted by Crippen LogP contribution is -2.27. The van der Waals surface area contributed by atoms with Crippen molar-refractivity contribution in [2.45, 2.75) is 24.8 Å². The summed E-state index contributed by atoms with van der Waals surface area (Å²) in [6, 6.07) is 16.9. The minimum atomic E-state index is -0.447. The molecular formula is C28H25ClN2O5. The Kier molecular flexibility index (Phi) is 5.64. The molecule has 0 aromatic heterocycles. The van der Waals surface area contributed by atoms with Gasteiger partial charge in [0.15, 0.2) is 28.8 Å². The van der Waals surface area contributed by atoms with E-state index < -0.39 is 6.04 Å². The number of nitrogens with one attached hydrogen (secondary N) is 2. The van der Waals surface area contributed by atoms with Crippen molar-refractivity contribution >= 4 is 28.8 Å². The highest BCUT2D eigenvalue weighted by Gasteiger charge is 2.37. The molecule has 2 atom stereocenters. The van der Waals surface area contributed by atoms with Crippen LogP contribution in [0.25, 0.3) is 0 Å². The zero-order valence-corrected chi connectivity index (χ0v) is 20.6. The maximum Gasteiger partial charge on any atom is 0.231 e. The predicted octanol–water partition coefficient (Wildman–Crippen LogP) is 6.07. The fourth-order valence-electron chi connectivity index (χ4n) is 5.22. The number of ether oxygens (including phenoxy) is 4. The van der Waals surface area contributed by atoms with E-state index in [-0.39, 0.29) is 18.5 Å². The average molecular weight is 505 g/mol. The molecule has 0 spiro atoms. The van der Waals surface area contributed by atoms with Crippen molar-refractivity contribution in [1.29, 1.82) is 0 Å². The molecule has 7 nitrogen and oxygen atoms in total. The fourth-order valence-corrected chi connectivity index (χ4v) is 5.48. The third kappa shape index (κ3) is 3.80. The van der Waals surface area contributed by atoms with Crippen molar-refractivity contribution in [2.24, 2.45) is 0 Å². The molecule has 1 aliphatic carbocycles. The van der Waals surface area contributed by atoms with Gasteiger partial charge in [-0.15, -0.1) is 0 Å². The largest absolute Gasteiger partial charge is 0.493 e. The number of ketones is 1. The number of benzene rings is 3. The zero-order valence-electron chi connectivity index (χ0n) is 19.9. The molecule has 3 aromatic rings. The SMILES string of the molecule is COc1ccc([C@H]2CC(=O)C3=C(C2)Nc2ccccc2N[C@@H]3c2cc3c(cc2Cl)OCO3)cc1OC. The van der Waals surface area contributed by atoms with Gasteiger partial charge in [-0.25, -0.2) is 0 Å². The Bertz CT molecular complexity index is 1400. The first-order chi connectivity index (χ1) is 17.6. The van der Waals surface area contributed by atoms with Crippen LogP contribution in [0.3, 0.4) is 0 Å². The lowest BCUT2D eigenvalue weighted by molar-refractivity contribution is -0.116. The van der Waals surface area contributed by atoms with Crippen molar-refractivity contribution < 1.29 is 23.7 Å². The maximum absolute atomic E-state index is 13.8. The van der Waals surface area contributed by atoms with E-state index in [4.69, 9.17) is 30.5 Å². The molecule has 0 bridgehead atoms. The highest BCUT2D eigenvalue weighted by Crippen LogP contribution is 2.48. The molecule has 3 aromatic carbocycles. The van der Waals surface area contributed by atoms with Gasteiger partial charge in [0, 0.05) is 29.3 Å². The Morgan fingerprint density at radius 2 is 1.67 bits per heavy atom. The summed E-state index contributed by atoms with van der Waals surface area (Å²) < 4.78 is 22.0. The summed E-state index contributed by atoms with van der Waals surface area (Å²) in [5, 5.41) is 7.63. The van der Waals surface area contributed by atoms with Gasteiger partial charge < -0.3 is 29.6 Å². The molecule has 0 saturated heterocycles. The lowest BCUT2D eigenvalue weighted by atomic mass is 9.78. The first kappa shape index (κ1) is 22.6. The van der Waals surface area contributed by atoms with E-state index in [0.29, 0.717) is 46.4 Å². The van der Waals surface area contributed by atoms with E-state index in [1.165, 1.54) is 0 Å². The van der Waals surface area contributed by atoms with Crippen LogP contribution in [-0.4, -0.2) is 26.8 Å². The summed E-state index contributed by atoms with van der Waals surface area (Å²) in [7, 11) is 3.23. The second-order valence-electron chi connectivity index (χ2n) is 9.01. The topological polar surface area (TPSA) is 78.1 Å². The van der Waals surface area contributed by atoms with Crippen molar-refractivity contribution in [1.82, 2.24) is 0 Å². The molecule has 0 unspecified atom stereocenters. The first-order valence-corrected chi connectivity index (χ1v) is 12.1. The maximum atomic E-state index is 13.8. The minimum Gasteiger partial charge on any atom is -0.493 e. The van der Waals surface area contributed by atoms with Crippen LogP contribution in [0.5, 0.6) is 23.0 Å². The number of para-hydroxylation sites is 2. The summed E-state index contributed by atoms with van der Waals surface area (Å²) >= 11 is 6.73. The fraction of sp³-hybridized carbons (Fsp3) is 0.250. The molecular weight excluding hydrogens is 480 g/mol. The highest BCUT2D eigenvalue weighted by molar-refractivity contribution is 6.31. The van der Waals surface area contributed by atoms with Crippen molar-refractivity contribution in [3.8, 4) is 23.0 Å². The smallest absolute Gasteiger partial charge is 0.231 e. The van der Waals surface area contributed by atoms with E-state index in [1.807, 2.05) is 48.5 Å². The lowest BCUT2D eigenvalue weighted by Gasteiger charge is -2.30. The van der Waals surface area contributed by atoms with Crippen LogP contribution >= 0.6 is 11.6 Å². The molecule has 0 amide bonds. The summed E-state index contributed by atoms with van der Waals surface area (Å²) in [6.45, 7) is 0.150. The summed E-state index contributed by atoms with van der Waals surface area (Å²) in [5.74, 6) is 2.58. The van der Waals surface area contributed by atoms with Gasteiger partial charge in [0.1, 0.15) is 0 Å². The van der Waals surface area contributed by atoms with E-state index in [0.717, 1.165) is 28.2 Å². The molecule has 3 aliphatic rings. The number of hydrogen-bond donors (Lipinski definition) is 2. The van der Waals surface area contributed by atoms with Gasteiger partial charge in [-0.2, -0.15) is 0 Å². The van der Waals surface area contributed by atoms with Gasteiger partial charge in [-0.05, 0) is 48.2 Å². The van der Waals surface area contributed by atoms with Gasteiger partial charge in [0.25, 0.3) is 0 Å². The number of fused-ring (bicyclic) bond motifs is 2. The summed E-state index contributed by atoms with van der Waals surface area (Å²) in [6.07, 6.45) is 1.03. The Balaban J connectivity index is 1.45. The van der Waals surface area contributed by atoms with E-state index in [1.54, 1.807) is 20.3 Å². The van der Waals surface area contributed by atoms with E-state index in [2.05, 4.69) is 10.6 Å². The Morgan fingerprint density at radius 3 is 2.44 bits per heavy atom. The van der Waals surface area contributed by atoms with Gasteiger partial charge >= 0.3 is 0 Å². The Hall–Kier alpha value is -3.84. The molecule has 0 fully saturated rings. The number of allylic oxidation sites excluding steroid dienone is 1. The third-order valence-electron chi connectivity index (χ3n) is 6.99. The molecule has 36 heavy (non-hydrogen) atoms.